The zero-order chi connectivity index (χ0) is 17.5. The van der Waals surface area contributed by atoms with Gasteiger partial charge in [0.25, 0.3) is 0 Å². The first kappa shape index (κ1) is 17.8. The second kappa shape index (κ2) is 8.31. The summed E-state index contributed by atoms with van der Waals surface area (Å²) in [7, 11) is 1.55. The second-order valence-electron chi connectivity index (χ2n) is 5.53. The van der Waals surface area contributed by atoms with Crippen LogP contribution in [0.1, 0.15) is 40.1 Å². The number of allylic oxidation sites excluding steroid dienone is 1. The lowest BCUT2D eigenvalue weighted by Crippen LogP contribution is -2.02. The van der Waals surface area contributed by atoms with Crippen LogP contribution in [0.5, 0.6) is 11.5 Å². The number of aldehydes is 1. The molecule has 0 saturated heterocycles. The van der Waals surface area contributed by atoms with Crippen LogP contribution in [0.4, 0.5) is 0 Å². The van der Waals surface area contributed by atoms with Crippen LogP contribution in [0.15, 0.2) is 49.1 Å². The van der Waals surface area contributed by atoms with Gasteiger partial charge in [0.1, 0.15) is 12.9 Å². The Morgan fingerprint density at radius 3 is 2.50 bits per heavy atom. The molecule has 0 aliphatic carbocycles. The molecule has 0 saturated carbocycles. The van der Waals surface area contributed by atoms with Gasteiger partial charge in [0.05, 0.1) is 13.2 Å². The van der Waals surface area contributed by atoms with E-state index in [0.29, 0.717) is 30.1 Å². The Morgan fingerprint density at radius 1 is 1.25 bits per heavy atom. The molecule has 0 aromatic heterocycles. The molecule has 2 aromatic rings. The SMILES string of the molecule is C=CCc1cc(C=O)cc(OC)c1OCc1ccc(C(C)O)cc1. The average molecular weight is 326 g/mol. The van der Waals surface area contributed by atoms with E-state index in [1.807, 2.05) is 24.3 Å². The van der Waals surface area contributed by atoms with Gasteiger partial charge in [0, 0.05) is 11.1 Å². The lowest BCUT2D eigenvalue weighted by Gasteiger charge is -2.16. The third-order valence-electron chi connectivity index (χ3n) is 3.72. The number of hydrogen-bond donors (Lipinski definition) is 1. The topological polar surface area (TPSA) is 55.8 Å². The Bertz CT molecular complexity index is 702. The van der Waals surface area contributed by atoms with Crippen molar-refractivity contribution in [1.82, 2.24) is 0 Å². The third kappa shape index (κ3) is 4.24. The monoisotopic (exact) mass is 326 g/mol. The lowest BCUT2D eigenvalue weighted by molar-refractivity contribution is 0.112. The van der Waals surface area contributed by atoms with Crippen molar-refractivity contribution in [1.29, 1.82) is 0 Å². The number of benzene rings is 2. The van der Waals surface area contributed by atoms with Crippen molar-refractivity contribution in [2.45, 2.75) is 26.1 Å². The van der Waals surface area contributed by atoms with E-state index in [-0.39, 0.29) is 0 Å². The van der Waals surface area contributed by atoms with Crippen molar-refractivity contribution < 1.29 is 19.4 Å². The van der Waals surface area contributed by atoms with Crippen molar-refractivity contribution in [2.24, 2.45) is 0 Å². The maximum Gasteiger partial charge on any atom is 0.165 e. The number of carbonyl (C=O) groups is 1. The van der Waals surface area contributed by atoms with Gasteiger partial charge in [0.2, 0.25) is 0 Å². The fraction of sp³-hybridized carbons (Fsp3) is 0.250. The van der Waals surface area contributed by atoms with Crippen LogP contribution in [0.25, 0.3) is 0 Å². The number of aliphatic hydroxyl groups excluding tert-OH is 1. The van der Waals surface area contributed by atoms with E-state index >= 15 is 0 Å². The molecule has 1 unspecified atom stereocenters. The molecule has 0 heterocycles. The molecular weight excluding hydrogens is 304 g/mol. The maximum absolute atomic E-state index is 11.1. The first-order chi connectivity index (χ1) is 11.6. The normalized spacial score (nSPS) is 11.6. The molecule has 0 spiro atoms. The van der Waals surface area contributed by atoms with Crippen molar-refractivity contribution in [3.8, 4) is 11.5 Å². The Hall–Kier alpha value is -2.59. The van der Waals surface area contributed by atoms with Crippen LogP contribution < -0.4 is 9.47 Å². The van der Waals surface area contributed by atoms with Gasteiger partial charge in [-0.25, -0.2) is 0 Å². The van der Waals surface area contributed by atoms with Crippen LogP contribution in [0.3, 0.4) is 0 Å². The van der Waals surface area contributed by atoms with Crippen molar-refractivity contribution in [3.63, 3.8) is 0 Å². The summed E-state index contributed by atoms with van der Waals surface area (Å²) < 4.78 is 11.3. The highest BCUT2D eigenvalue weighted by Gasteiger charge is 2.13. The summed E-state index contributed by atoms with van der Waals surface area (Å²) in [5, 5.41) is 9.55. The number of methoxy groups -OCH3 is 1. The van der Waals surface area contributed by atoms with Gasteiger partial charge in [-0.1, -0.05) is 30.3 Å². The summed E-state index contributed by atoms with van der Waals surface area (Å²) in [6.45, 7) is 5.83. The molecule has 126 valence electrons. The molecular formula is C20H22O4. The van der Waals surface area contributed by atoms with Crippen LogP contribution in [0, 0.1) is 0 Å². The number of hydrogen-bond acceptors (Lipinski definition) is 4. The van der Waals surface area contributed by atoms with Crippen molar-refractivity contribution >= 4 is 6.29 Å². The highest BCUT2D eigenvalue weighted by molar-refractivity contribution is 5.77. The molecule has 0 radical (unpaired) electrons. The fourth-order valence-electron chi connectivity index (χ4n) is 2.42. The summed E-state index contributed by atoms with van der Waals surface area (Å²) in [4.78, 5) is 11.1. The zero-order valence-electron chi connectivity index (χ0n) is 14.0. The molecule has 4 nitrogen and oxygen atoms in total. The predicted octanol–water partition coefficient (Wildman–Crippen LogP) is 3.87. The largest absolute Gasteiger partial charge is 0.493 e. The number of ether oxygens (including phenoxy) is 2. The Morgan fingerprint density at radius 2 is 1.96 bits per heavy atom. The molecule has 0 bridgehead atoms. The van der Waals surface area contributed by atoms with Gasteiger partial charge < -0.3 is 14.6 Å². The third-order valence-corrected chi connectivity index (χ3v) is 3.72. The van der Waals surface area contributed by atoms with Gasteiger partial charge >= 0.3 is 0 Å². The smallest absolute Gasteiger partial charge is 0.165 e. The Balaban J connectivity index is 2.24. The highest BCUT2D eigenvalue weighted by atomic mass is 16.5. The molecule has 0 fully saturated rings. The summed E-state index contributed by atoms with van der Waals surface area (Å²) in [5.74, 6) is 1.14. The van der Waals surface area contributed by atoms with Crippen LogP contribution in [-0.2, 0) is 13.0 Å². The van der Waals surface area contributed by atoms with Crippen LogP contribution in [-0.4, -0.2) is 18.5 Å². The van der Waals surface area contributed by atoms with Gasteiger partial charge in [-0.2, -0.15) is 0 Å². The lowest BCUT2D eigenvalue weighted by atomic mass is 10.1. The van der Waals surface area contributed by atoms with E-state index < -0.39 is 6.10 Å². The highest BCUT2D eigenvalue weighted by Crippen LogP contribution is 2.34. The fourth-order valence-corrected chi connectivity index (χ4v) is 2.42. The minimum absolute atomic E-state index is 0.362. The molecule has 2 rings (SSSR count). The molecule has 0 aliphatic rings. The molecule has 0 amide bonds. The maximum atomic E-state index is 11.1. The zero-order valence-corrected chi connectivity index (χ0v) is 14.0. The number of aliphatic hydroxyl groups is 1. The van der Waals surface area contributed by atoms with Crippen molar-refractivity contribution in [3.05, 3.63) is 71.3 Å². The van der Waals surface area contributed by atoms with E-state index in [1.165, 1.54) is 0 Å². The standard InChI is InChI=1S/C20H22O4/c1-4-5-18-10-16(12-21)11-19(23-3)20(18)24-13-15-6-8-17(9-7-15)14(2)22/h4,6-12,14,22H,1,5,13H2,2-3H3. The predicted molar refractivity (Wildman–Crippen MR) is 93.7 cm³/mol. The van der Waals surface area contributed by atoms with Crippen LogP contribution in [0.2, 0.25) is 0 Å². The van der Waals surface area contributed by atoms with E-state index in [0.717, 1.165) is 23.0 Å². The first-order valence-corrected chi connectivity index (χ1v) is 7.75. The molecule has 1 N–H and O–H groups in total. The number of rotatable bonds is 8. The van der Waals surface area contributed by atoms with E-state index in [4.69, 9.17) is 9.47 Å². The molecule has 4 heteroatoms. The first-order valence-electron chi connectivity index (χ1n) is 7.75. The quantitative estimate of drug-likeness (QED) is 0.591. The summed E-state index contributed by atoms with van der Waals surface area (Å²) in [6.07, 6.45) is 2.63. The van der Waals surface area contributed by atoms with E-state index in [1.54, 1.807) is 32.2 Å². The van der Waals surface area contributed by atoms with Gasteiger partial charge in [0.15, 0.2) is 11.5 Å². The summed E-state index contributed by atoms with van der Waals surface area (Å²) in [5.41, 5.74) is 3.23. The van der Waals surface area contributed by atoms with Crippen molar-refractivity contribution in [2.75, 3.05) is 7.11 Å². The minimum Gasteiger partial charge on any atom is -0.493 e. The average Bonchev–Trinajstić information content (AvgIpc) is 2.60. The van der Waals surface area contributed by atoms with Gasteiger partial charge in [-0.3, -0.25) is 4.79 Å². The van der Waals surface area contributed by atoms with Gasteiger partial charge in [-0.15, -0.1) is 6.58 Å². The molecule has 2 aromatic carbocycles. The number of carbonyl (C=O) groups excluding carboxylic acids is 1. The molecule has 1 atom stereocenters. The summed E-state index contributed by atoms with van der Waals surface area (Å²) >= 11 is 0. The summed E-state index contributed by atoms with van der Waals surface area (Å²) in [6, 6.07) is 11.0. The Kier molecular flexibility index (Phi) is 6.15. The second-order valence-corrected chi connectivity index (χ2v) is 5.53. The molecule has 24 heavy (non-hydrogen) atoms. The van der Waals surface area contributed by atoms with Crippen LogP contribution >= 0.6 is 0 Å². The van der Waals surface area contributed by atoms with Gasteiger partial charge in [-0.05, 0) is 36.6 Å². The molecule has 0 aliphatic heterocycles. The Labute approximate surface area is 142 Å². The minimum atomic E-state index is -0.491. The van der Waals surface area contributed by atoms with E-state index in [2.05, 4.69) is 6.58 Å². The van der Waals surface area contributed by atoms with E-state index in [9.17, 15) is 9.90 Å².